The first-order valence-corrected chi connectivity index (χ1v) is 21.3. The smallest absolute Gasteiger partial charge is 0.418 e. The van der Waals surface area contributed by atoms with Crippen LogP contribution in [0.25, 0.3) is 0 Å². The van der Waals surface area contributed by atoms with E-state index in [4.69, 9.17) is 0 Å². The van der Waals surface area contributed by atoms with Gasteiger partial charge < -0.3 is 17.3 Å². The van der Waals surface area contributed by atoms with Crippen LogP contribution in [0.5, 0.6) is 0 Å². The standard InChI is InChI=1S/2C18H15P.C4H11P.2Au.BF4/c2*1-4-10-16(11-5-1)19(17-12-6-2-7-13-17)18-14-8-3-9-15-18;1-5(2,3)4;;;2-1(3,4)5/h2*1-15H;1H2,2-4H3;;;/q;;;;+1;-1. The minimum atomic E-state index is -6.00. The van der Waals surface area contributed by atoms with Crippen molar-refractivity contribution in [2.75, 3.05) is 20.0 Å². The van der Waals surface area contributed by atoms with Crippen molar-refractivity contribution in [3.05, 3.63) is 189 Å². The van der Waals surface area contributed by atoms with Crippen molar-refractivity contribution >= 4 is 62.2 Å². The van der Waals surface area contributed by atoms with E-state index in [1.807, 2.05) is 0 Å². The third-order valence-electron chi connectivity index (χ3n) is 6.09. The molecule has 0 fully saturated rings. The molecule has 0 amide bonds. The van der Waals surface area contributed by atoms with Crippen LogP contribution in [0.1, 0.15) is 0 Å². The summed E-state index contributed by atoms with van der Waals surface area (Å²) in [6.07, 6.45) is 0. The van der Waals surface area contributed by atoms with Crippen molar-refractivity contribution in [3.8, 4) is 0 Å². The molecule has 0 unspecified atom stereocenters. The molecule has 0 saturated heterocycles. The zero-order valence-corrected chi connectivity index (χ0v) is 35.1. The maximum atomic E-state index is 9.75. The van der Waals surface area contributed by atoms with Crippen molar-refractivity contribution in [2.45, 2.75) is 0 Å². The monoisotopic (exact) mass is 1100 g/mol. The van der Waals surface area contributed by atoms with Gasteiger partial charge in [0.2, 0.25) is 0 Å². The van der Waals surface area contributed by atoms with E-state index >= 15 is 0 Å². The molecule has 0 bridgehead atoms. The maximum Gasteiger partial charge on any atom is 1.00 e. The van der Waals surface area contributed by atoms with E-state index in [-0.39, 0.29) is 44.8 Å². The van der Waals surface area contributed by atoms with Gasteiger partial charge in [-0.05, 0) is 47.7 Å². The van der Waals surface area contributed by atoms with Crippen LogP contribution in [0.4, 0.5) is 17.3 Å². The topological polar surface area (TPSA) is 0 Å². The molecule has 0 aromatic heterocycles. The molecule has 0 aliphatic carbocycles. The zero-order chi connectivity index (χ0) is 34.8. The molecule has 0 saturated carbocycles. The predicted octanol–water partition coefficient (Wildman–Crippen LogP) is 9.87. The average molecular weight is 1100 g/mol. The quantitative estimate of drug-likeness (QED) is 0.0675. The molecule has 0 N–H and O–H groups in total. The van der Waals surface area contributed by atoms with Crippen molar-refractivity contribution in [1.29, 1.82) is 0 Å². The van der Waals surface area contributed by atoms with E-state index in [9.17, 15) is 17.3 Å². The summed E-state index contributed by atoms with van der Waals surface area (Å²) in [4.78, 5) is 0. The van der Waals surface area contributed by atoms with Gasteiger partial charge in [-0.15, -0.1) is 7.26 Å². The second-order valence-electron chi connectivity index (χ2n) is 11.5. The molecule has 6 rings (SSSR count). The molecule has 6 aromatic rings. The number of hydrogen-bond donors (Lipinski definition) is 0. The molecular formula is C40H41Au2BF4P3. The summed E-state index contributed by atoms with van der Waals surface area (Å²) in [6.45, 7) is 10.4. The van der Waals surface area contributed by atoms with Gasteiger partial charge in [0.1, 0.15) is 0 Å². The second-order valence-corrected chi connectivity index (χ2v) is 20.5. The minimum Gasteiger partial charge on any atom is -0.418 e. The first-order valence-electron chi connectivity index (χ1n) is 15.3. The Bertz CT molecular complexity index is 1370. The molecule has 0 heterocycles. The van der Waals surface area contributed by atoms with Crippen molar-refractivity contribution < 1.29 is 62.0 Å². The van der Waals surface area contributed by atoms with Gasteiger partial charge in [-0.2, -0.15) is 6.66 Å². The van der Waals surface area contributed by atoms with Crippen molar-refractivity contribution in [1.82, 2.24) is 0 Å². The Kier molecular flexibility index (Phi) is 22.2. The summed E-state index contributed by atoms with van der Waals surface area (Å²) in [7, 11) is -7.53. The number of benzene rings is 6. The molecule has 10 heteroatoms. The first kappa shape index (κ1) is 45.9. The van der Waals surface area contributed by atoms with Crippen LogP contribution in [0.2, 0.25) is 0 Å². The van der Waals surface area contributed by atoms with E-state index in [0.29, 0.717) is 0 Å². The number of rotatable bonds is 6. The van der Waals surface area contributed by atoms with Crippen LogP contribution in [0, 0.1) is 6.66 Å². The zero-order valence-electron chi connectivity index (χ0n) is 28.1. The fourth-order valence-electron chi connectivity index (χ4n) is 4.36. The normalized spacial score (nSPS) is 10.4. The van der Waals surface area contributed by atoms with Gasteiger partial charge in [0.05, 0.1) is 0 Å². The molecular weight excluding hydrogens is 1050 g/mol. The first-order chi connectivity index (χ1) is 22.9. The molecule has 6 aromatic carbocycles. The molecule has 0 aliphatic heterocycles. The summed E-state index contributed by atoms with van der Waals surface area (Å²) >= 11 is 0. The van der Waals surface area contributed by atoms with Crippen LogP contribution in [-0.4, -0.2) is 27.2 Å². The van der Waals surface area contributed by atoms with Crippen LogP contribution >= 0.6 is 23.1 Å². The van der Waals surface area contributed by atoms with Gasteiger partial charge in [0.25, 0.3) is 0 Å². The van der Waals surface area contributed by atoms with Gasteiger partial charge in [-0.3, -0.25) is 0 Å². The minimum absolute atomic E-state index is 0. The Hall–Kier alpha value is -2.12. The summed E-state index contributed by atoms with van der Waals surface area (Å²) in [6, 6.07) is 64.7. The van der Waals surface area contributed by atoms with Gasteiger partial charge in [-0.25, -0.2) is 0 Å². The van der Waals surface area contributed by atoms with E-state index in [0.717, 1.165) is 0 Å². The molecule has 0 spiro atoms. The molecule has 269 valence electrons. The maximum absolute atomic E-state index is 9.75. The fraction of sp³-hybridized carbons (Fsp3) is 0.0750. The summed E-state index contributed by atoms with van der Waals surface area (Å²) < 4.78 is 39.0. The SMILES string of the molecule is F[B-](F)(F)F.[Au+].[Au].[CH2-][P+](C)(C)C.c1ccc(P(c2ccccc2)c2ccccc2)cc1.c1ccc(P(c2ccccc2)c2ccccc2)cc1. The Balaban J connectivity index is 0.000000383. The summed E-state index contributed by atoms with van der Waals surface area (Å²) in [5.41, 5.74) is 0. The number of halogens is 4. The third-order valence-corrected chi connectivity index (χ3v) is 11.0. The van der Waals surface area contributed by atoms with Gasteiger partial charge in [0.15, 0.2) is 0 Å². The Labute approximate surface area is 330 Å². The van der Waals surface area contributed by atoms with E-state index in [1.54, 1.807) is 0 Å². The molecule has 0 aliphatic rings. The summed E-state index contributed by atoms with van der Waals surface area (Å²) in [5.74, 6) is 0. The Morgan fingerprint density at radius 3 is 0.580 bits per heavy atom. The van der Waals surface area contributed by atoms with Crippen LogP contribution in [-0.2, 0) is 44.8 Å². The second kappa shape index (κ2) is 24.2. The van der Waals surface area contributed by atoms with Gasteiger partial charge in [0, 0.05) is 42.4 Å². The van der Waals surface area contributed by atoms with E-state index in [2.05, 4.69) is 209 Å². The van der Waals surface area contributed by atoms with Gasteiger partial charge in [-0.1, -0.05) is 182 Å². The largest absolute Gasteiger partial charge is 1.00 e. The summed E-state index contributed by atoms with van der Waals surface area (Å²) in [5, 5.41) is 8.39. The van der Waals surface area contributed by atoms with Crippen molar-refractivity contribution in [3.63, 3.8) is 0 Å². The Morgan fingerprint density at radius 1 is 0.380 bits per heavy atom. The van der Waals surface area contributed by atoms with Gasteiger partial charge >= 0.3 is 29.6 Å². The number of hydrogen-bond acceptors (Lipinski definition) is 0. The van der Waals surface area contributed by atoms with Crippen LogP contribution < -0.4 is 31.8 Å². The van der Waals surface area contributed by atoms with Crippen molar-refractivity contribution in [2.24, 2.45) is 0 Å². The van der Waals surface area contributed by atoms with Crippen LogP contribution in [0.3, 0.4) is 0 Å². The fourth-order valence-corrected chi connectivity index (χ4v) is 8.97. The predicted molar refractivity (Wildman–Crippen MR) is 211 cm³/mol. The Morgan fingerprint density at radius 2 is 0.480 bits per heavy atom. The third kappa shape index (κ3) is 18.9. The molecule has 1 radical (unpaired) electrons. The van der Waals surface area contributed by atoms with E-state index < -0.39 is 30.4 Å². The molecule has 50 heavy (non-hydrogen) atoms. The average Bonchev–Trinajstić information content (AvgIpc) is 3.07. The van der Waals surface area contributed by atoms with Crippen LogP contribution in [0.15, 0.2) is 182 Å². The molecule has 0 atom stereocenters. The molecule has 0 nitrogen and oxygen atoms in total. The van der Waals surface area contributed by atoms with E-state index in [1.165, 1.54) is 31.8 Å².